The number of nitrogens with one attached hydrogen (secondary N) is 2. The zero-order chi connectivity index (χ0) is 18.4. The molecule has 1 aromatic heterocycles. The molecule has 2 fully saturated rings. The van der Waals surface area contributed by atoms with Crippen molar-refractivity contribution in [3.63, 3.8) is 0 Å². The Morgan fingerprint density at radius 3 is 3.04 bits per heavy atom. The molecule has 1 saturated heterocycles. The first-order valence-corrected chi connectivity index (χ1v) is 9.93. The molecule has 1 aliphatic heterocycles. The topological polar surface area (TPSA) is 61.8 Å². The first-order chi connectivity index (χ1) is 12.7. The standard InChI is InChI=1S/C19H30ClN5O/c1-3-21-18(23-14-19(7-8-19)9-12-26-2)24-15-6-11-25(13-15)17-16(20)5-4-10-22-17/h4-5,10,15H,3,6-9,11-14H2,1-2H3,(H2,21,23,24). The molecule has 2 aliphatic rings. The van der Waals surface area contributed by atoms with Crippen LogP contribution in [0.2, 0.25) is 5.02 Å². The average molecular weight is 380 g/mol. The Morgan fingerprint density at radius 1 is 1.50 bits per heavy atom. The van der Waals surface area contributed by atoms with E-state index in [1.807, 2.05) is 12.1 Å². The second kappa shape index (κ2) is 8.91. The summed E-state index contributed by atoms with van der Waals surface area (Å²) in [6, 6.07) is 4.11. The zero-order valence-corrected chi connectivity index (χ0v) is 16.6. The van der Waals surface area contributed by atoms with Gasteiger partial charge in [-0.1, -0.05) is 11.6 Å². The molecule has 1 aromatic rings. The van der Waals surface area contributed by atoms with Crippen molar-refractivity contribution in [3.8, 4) is 0 Å². The molecule has 0 amide bonds. The molecule has 1 unspecified atom stereocenters. The number of hydrogen-bond donors (Lipinski definition) is 2. The Labute approximate surface area is 161 Å². The van der Waals surface area contributed by atoms with Crippen LogP contribution in [0.25, 0.3) is 0 Å². The van der Waals surface area contributed by atoms with E-state index in [1.165, 1.54) is 12.8 Å². The molecule has 1 aliphatic carbocycles. The first-order valence-electron chi connectivity index (χ1n) is 9.55. The molecule has 1 atom stereocenters. The van der Waals surface area contributed by atoms with Gasteiger partial charge < -0.3 is 20.3 Å². The molecule has 0 aromatic carbocycles. The predicted octanol–water partition coefficient (Wildman–Crippen LogP) is 2.69. The molecule has 26 heavy (non-hydrogen) atoms. The zero-order valence-electron chi connectivity index (χ0n) is 15.8. The van der Waals surface area contributed by atoms with Gasteiger partial charge in [0, 0.05) is 52.1 Å². The maximum absolute atomic E-state index is 6.29. The molecule has 0 bridgehead atoms. The Morgan fingerprint density at radius 2 is 2.35 bits per heavy atom. The van der Waals surface area contributed by atoms with Gasteiger partial charge in [-0.05, 0) is 50.2 Å². The SMILES string of the molecule is CCNC(=NCC1(CCOC)CC1)NC1CCN(c2ncccc2Cl)C1. The van der Waals surface area contributed by atoms with Crippen molar-refractivity contribution in [2.45, 2.75) is 38.6 Å². The average Bonchev–Trinajstić information content (AvgIpc) is 3.27. The maximum Gasteiger partial charge on any atom is 0.191 e. The highest BCUT2D eigenvalue weighted by Crippen LogP contribution is 2.48. The van der Waals surface area contributed by atoms with Crippen molar-refractivity contribution < 1.29 is 4.74 Å². The highest BCUT2D eigenvalue weighted by Gasteiger charge is 2.41. The molecule has 7 heteroatoms. The van der Waals surface area contributed by atoms with Crippen LogP contribution < -0.4 is 15.5 Å². The van der Waals surface area contributed by atoms with Gasteiger partial charge in [0.05, 0.1) is 5.02 Å². The molecular weight excluding hydrogens is 350 g/mol. The van der Waals surface area contributed by atoms with E-state index in [0.29, 0.717) is 16.5 Å². The number of guanidine groups is 1. The van der Waals surface area contributed by atoms with E-state index >= 15 is 0 Å². The Hall–Kier alpha value is -1.53. The highest BCUT2D eigenvalue weighted by molar-refractivity contribution is 6.32. The Bertz CT molecular complexity index is 620. The third-order valence-electron chi connectivity index (χ3n) is 5.28. The van der Waals surface area contributed by atoms with E-state index in [1.54, 1.807) is 13.3 Å². The van der Waals surface area contributed by atoms with Crippen LogP contribution in [0.4, 0.5) is 5.82 Å². The van der Waals surface area contributed by atoms with Crippen LogP contribution >= 0.6 is 11.6 Å². The summed E-state index contributed by atoms with van der Waals surface area (Å²) < 4.78 is 5.24. The van der Waals surface area contributed by atoms with Crippen LogP contribution in [-0.2, 0) is 4.74 Å². The minimum Gasteiger partial charge on any atom is -0.385 e. The van der Waals surface area contributed by atoms with Crippen LogP contribution in [0.5, 0.6) is 0 Å². The summed E-state index contributed by atoms with van der Waals surface area (Å²) in [5, 5.41) is 7.68. The van der Waals surface area contributed by atoms with E-state index in [-0.39, 0.29) is 0 Å². The van der Waals surface area contributed by atoms with Crippen molar-refractivity contribution in [1.82, 2.24) is 15.6 Å². The molecule has 3 rings (SSSR count). The lowest BCUT2D eigenvalue weighted by Gasteiger charge is -2.21. The third kappa shape index (κ3) is 5.01. The number of rotatable bonds is 8. The second-order valence-electron chi connectivity index (χ2n) is 7.32. The monoisotopic (exact) mass is 379 g/mol. The number of nitrogens with zero attached hydrogens (tertiary/aromatic N) is 3. The van der Waals surface area contributed by atoms with Crippen molar-refractivity contribution in [2.24, 2.45) is 10.4 Å². The van der Waals surface area contributed by atoms with E-state index in [0.717, 1.165) is 57.4 Å². The molecule has 144 valence electrons. The van der Waals surface area contributed by atoms with E-state index in [4.69, 9.17) is 21.3 Å². The Balaban J connectivity index is 1.55. The molecular formula is C19H30ClN5O. The van der Waals surface area contributed by atoms with Gasteiger partial charge in [0.15, 0.2) is 5.96 Å². The normalized spacial score (nSPS) is 21.7. The molecule has 2 N–H and O–H groups in total. The van der Waals surface area contributed by atoms with Crippen molar-refractivity contribution >= 4 is 23.4 Å². The minimum atomic E-state index is 0.347. The summed E-state index contributed by atoms with van der Waals surface area (Å²) in [4.78, 5) is 11.5. The molecule has 0 spiro atoms. The predicted molar refractivity (Wildman–Crippen MR) is 107 cm³/mol. The molecule has 6 nitrogen and oxygen atoms in total. The maximum atomic E-state index is 6.29. The van der Waals surface area contributed by atoms with Gasteiger partial charge in [-0.15, -0.1) is 0 Å². The van der Waals surface area contributed by atoms with E-state index < -0.39 is 0 Å². The van der Waals surface area contributed by atoms with Gasteiger partial charge in [0.25, 0.3) is 0 Å². The quantitative estimate of drug-likeness (QED) is 0.537. The number of anilines is 1. The van der Waals surface area contributed by atoms with Crippen LogP contribution in [0, 0.1) is 5.41 Å². The Kier molecular flexibility index (Phi) is 6.59. The number of pyridine rings is 1. The van der Waals surface area contributed by atoms with Gasteiger partial charge in [0.2, 0.25) is 0 Å². The summed E-state index contributed by atoms with van der Waals surface area (Å²) in [7, 11) is 1.77. The van der Waals surface area contributed by atoms with Gasteiger partial charge in [-0.2, -0.15) is 0 Å². The number of methoxy groups -OCH3 is 1. The second-order valence-corrected chi connectivity index (χ2v) is 7.73. The van der Waals surface area contributed by atoms with Crippen LogP contribution in [0.1, 0.15) is 32.6 Å². The summed E-state index contributed by atoms with van der Waals surface area (Å²) in [5.41, 5.74) is 0.363. The molecule has 2 heterocycles. The van der Waals surface area contributed by atoms with Gasteiger partial charge >= 0.3 is 0 Å². The number of ether oxygens (including phenoxy) is 1. The first kappa shape index (κ1) is 19.2. The van der Waals surface area contributed by atoms with Crippen LogP contribution in [-0.4, -0.2) is 56.9 Å². The van der Waals surface area contributed by atoms with Gasteiger partial charge in [0.1, 0.15) is 5.82 Å². The van der Waals surface area contributed by atoms with Crippen molar-refractivity contribution in [2.75, 3.05) is 44.8 Å². The van der Waals surface area contributed by atoms with Crippen molar-refractivity contribution in [1.29, 1.82) is 0 Å². The summed E-state index contributed by atoms with van der Waals surface area (Å²) in [6.07, 6.45) is 6.46. The number of halogens is 1. The fraction of sp³-hybridized carbons (Fsp3) is 0.684. The van der Waals surface area contributed by atoms with Gasteiger partial charge in [-0.3, -0.25) is 4.99 Å². The fourth-order valence-electron chi connectivity index (χ4n) is 3.42. The number of aromatic nitrogens is 1. The fourth-order valence-corrected chi connectivity index (χ4v) is 3.66. The lowest BCUT2D eigenvalue weighted by molar-refractivity contribution is 0.174. The summed E-state index contributed by atoms with van der Waals surface area (Å²) >= 11 is 6.29. The van der Waals surface area contributed by atoms with Gasteiger partial charge in [-0.25, -0.2) is 4.98 Å². The van der Waals surface area contributed by atoms with Crippen LogP contribution in [0.3, 0.4) is 0 Å². The number of hydrogen-bond acceptors (Lipinski definition) is 4. The minimum absolute atomic E-state index is 0.347. The third-order valence-corrected chi connectivity index (χ3v) is 5.57. The smallest absolute Gasteiger partial charge is 0.191 e. The van der Waals surface area contributed by atoms with E-state index in [2.05, 4.69) is 27.4 Å². The molecule has 1 saturated carbocycles. The highest BCUT2D eigenvalue weighted by atomic mass is 35.5. The largest absolute Gasteiger partial charge is 0.385 e. The summed E-state index contributed by atoms with van der Waals surface area (Å²) in [6.45, 7) is 6.49. The van der Waals surface area contributed by atoms with E-state index in [9.17, 15) is 0 Å². The van der Waals surface area contributed by atoms with Crippen LogP contribution in [0.15, 0.2) is 23.3 Å². The van der Waals surface area contributed by atoms with Crippen molar-refractivity contribution in [3.05, 3.63) is 23.4 Å². The number of aliphatic imine (C=N–C) groups is 1. The lowest BCUT2D eigenvalue weighted by atomic mass is 10.0. The summed E-state index contributed by atoms with van der Waals surface area (Å²) in [5.74, 6) is 1.78. The lowest BCUT2D eigenvalue weighted by Crippen LogP contribution is -2.45. The molecule has 0 radical (unpaired) electrons.